The SMILES string of the molecule is O=c1cc(NC2CCNCC2)c2cc(Br)ccc2o1. The average molecular weight is 323 g/mol. The highest BCUT2D eigenvalue weighted by Crippen LogP contribution is 2.26. The van der Waals surface area contributed by atoms with Crippen LogP contribution in [-0.4, -0.2) is 19.1 Å². The molecule has 19 heavy (non-hydrogen) atoms. The van der Waals surface area contributed by atoms with Crippen LogP contribution >= 0.6 is 15.9 Å². The monoisotopic (exact) mass is 322 g/mol. The molecule has 0 amide bonds. The first-order chi connectivity index (χ1) is 9.22. The summed E-state index contributed by atoms with van der Waals surface area (Å²) in [5, 5.41) is 7.74. The summed E-state index contributed by atoms with van der Waals surface area (Å²) < 4.78 is 6.19. The molecule has 1 aromatic carbocycles. The predicted molar refractivity (Wildman–Crippen MR) is 79.7 cm³/mol. The standard InChI is InChI=1S/C14H15BrN2O2/c15-9-1-2-13-11(7-9)12(8-14(18)19-13)17-10-3-5-16-6-4-10/h1-2,7-8,10,16-17H,3-6H2. The molecule has 4 nitrogen and oxygen atoms in total. The summed E-state index contributed by atoms with van der Waals surface area (Å²) in [6.45, 7) is 2.03. The molecule has 3 rings (SSSR count). The number of halogens is 1. The van der Waals surface area contributed by atoms with Gasteiger partial charge in [0.15, 0.2) is 0 Å². The van der Waals surface area contributed by atoms with E-state index in [9.17, 15) is 4.79 Å². The average Bonchev–Trinajstić information content (AvgIpc) is 2.41. The van der Waals surface area contributed by atoms with Crippen LogP contribution in [0.5, 0.6) is 0 Å². The smallest absolute Gasteiger partial charge is 0.338 e. The van der Waals surface area contributed by atoms with E-state index >= 15 is 0 Å². The van der Waals surface area contributed by atoms with Crippen LogP contribution < -0.4 is 16.3 Å². The van der Waals surface area contributed by atoms with Crippen molar-refractivity contribution in [1.82, 2.24) is 5.32 Å². The van der Waals surface area contributed by atoms with Crippen molar-refractivity contribution in [2.75, 3.05) is 18.4 Å². The molecule has 1 aliphatic heterocycles. The van der Waals surface area contributed by atoms with Crippen molar-refractivity contribution in [3.63, 3.8) is 0 Å². The van der Waals surface area contributed by atoms with Crippen LogP contribution in [-0.2, 0) is 0 Å². The zero-order valence-electron chi connectivity index (χ0n) is 10.4. The fraction of sp³-hybridized carbons (Fsp3) is 0.357. The van der Waals surface area contributed by atoms with E-state index in [-0.39, 0.29) is 5.63 Å². The number of benzene rings is 1. The fourth-order valence-corrected chi connectivity index (χ4v) is 2.80. The molecule has 2 heterocycles. The van der Waals surface area contributed by atoms with Gasteiger partial charge >= 0.3 is 5.63 Å². The van der Waals surface area contributed by atoms with Crippen LogP contribution in [0.1, 0.15) is 12.8 Å². The zero-order chi connectivity index (χ0) is 13.2. The molecule has 1 fully saturated rings. The molecule has 1 aliphatic rings. The second-order valence-corrected chi connectivity index (χ2v) is 5.70. The topological polar surface area (TPSA) is 54.3 Å². The van der Waals surface area contributed by atoms with Gasteiger partial charge < -0.3 is 15.1 Å². The van der Waals surface area contributed by atoms with Crippen LogP contribution in [0, 0.1) is 0 Å². The summed E-state index contributed by atoms with van der Waals surface area (Å²) in [5.74, 6) is 0. The van der Waals surface area contributed by atoms with Crippen molar-refractivity contribution in [2.24, 2.45) is 0 Å². The Bertz CT molecular complexity index is 647. The molecular weight excluding hydrogens is 308 g/mol. The molecule has 0 spiro atoms. The van der Waals surface area contributed by atoms with Gasteiger partial charge in [0.25, 0.3) is 0 Å². The first kappa shape index (κ1) is 12.7. The summed E-state index contributed by atoms with van der Waals surface area (Å²) in [5.41, 5.74) is 1.16. The Kier molecular flexibility index (Phi) is 3.57. The van der Waals surface area contributed by atoms with Crippen molar-refractivity contribution >= 4 is 32.6 Å². The lowest BCUT2D eigenvalue weighted by molar-refractivity contribution is 0.479. The zero-order valence-corrected chi connectivity index (χ0v) is 12.0. The molecule has 0 saturated carbocycles. The number of hydrogen-bond donors (Lipinski definition) is 2. The van der Waals surface area contributed by atoms with Gasteiger partial charge in [-0.1, -0.05) is 15.9 Å². The highest BCUT2D eigenvalue weighted by molar-refractivity contribution is 9.10. The summed E-state index contributed by atoms with van der Waals surface area (Å²) in [4.78, 5) is 11.6. The Morgan fingerprint density at radius 1 is 1.26 bits per heavy atom. The minimum Gasteiger partial charge on any atom is -0.423 e. The van der Waals surface area contributed by atoms with E-state index < -0.39 is 0 Å². The summed E-state index contributed by atoms with van der Waals surface area (Å²) in [7, 11) is 0. The Balaban J connectivity index is 2.00. The van der Waals surface area contributed by atoms with Crippen molar-refractivity contribution in [3.05, 3.63) is 39.2 Å². The lowest BCUT2D eigenvalue weighted by Gasteiger charge is -2.25. The third-order valence-corrected chi connectivity index (χ3v) is 3.90. The number of nitrogens with one attached hydrogen (secondary N) is 2. The number of piperidine rings is 1. The van der Waals surface area contributed by atoms with Gasteiger partial charge in [0.1, 0.15) is 5.58 Å². The molecular formula is C14H15BrN2O2. The van der Waals surface area contributed by atoms with Crippen molar-refractivity contribution < 1.29 is 4.42 Å². The lowest BCUT2D eigenvalue weighted by atomic mass is 10.1. The van der Waals surface area contributed by atoms with Crippen LogP contribution in [0.15, 0.2) is 37.9 Å². The van der Waals surface area contributed by atoms with Crippen LogP contribution in [0.2, 0.25) is 0 Å². The fourth-order valence-electron chi connectivity index (χ4n) is 2.44. The third kappa shape index (κ3) is 2.82. The van der Waals surface area contributed by atoms with Crippen LogP contribution in [0.4, 0.5) is 5.69 Å². The van der Waals surface area contributed by atoms with E-state index in [1.165, 1.54) is 6.07 Å². The lowest BCUT2D eigenvalue weighted by Crippen LogP contribution is -2.35. The van der Waals surface area contributed by atoms with Gasteiger partial charge in [-0.15, -0.1) is 0 Å². The molecule has 1 aromatic heterocycles. The van der Waals surface area contributed by atoms with E-state index in [0.717, 1.165) is 41.5 Å². The third-order valence-electron chi connectivity index (χ3n) is 3.40. The molecule has 5 heteroatoms. The van der Waals surface area contributed by atoms with E-state index in [4.69, 9.17) is 4.42 Å². The van der Waals surface area contributed by atoms with Gasteiger partial charge in [0, 0.05) is 22.0 Å². The molecule has 0 radical (unpaired) electrons. The molecule has 1 saturated heterocycles. The Morgan fingerprint density at radius 2 is 2.05 bits per heavy atom. The van der Waals surface area contributed by atoms with Crippen LogP contribution in [0.25, 0.3) is 11.0 Å². The minimum atomic E-state index is -0.314. The van der Waals surface area contributed by atoms with Gasteiger partial charge in [-0.25, -0.2) is 4.79 Å². The largest absolute Gasteiger partial charge is 0.423 e. The molecule has 0 aliphatic carbocycles. The second kappa shape index (κ2) is 5.35. The first-order valence-corrected chi connectivity index (χ1v) is 7.22. The van der Waals surface area contributed by atoms with Gasteiger partial charge in [-0.2, -0.15) is 0 Å². The molecule has 100 valence electrons. The molecule has 0 atom stereocenters. The molecule has 0 bridgehead atoms. The predicted octanol–water partition coefficient (Wildman–Crippen LogP) is 2.72. The van der Waals surface area contributed by atoms with Gasteiger partial charge in [0.2, 0.25) is 0 Å². The van der Waals surface area contributed by atoms with Crippen molar-refractivity contribution in [2.45, 2.75) is 18.9 Å². The maximum Gasteiger partial charge on any atom is 0.338 e. The molecule has 2 aromatic rings. The highest BCUT2D eigenvalue weighted by atomic mass is 79.9. The maximum atomic E-state index is 11.6. The van der Waals surface area contributed by atoms with Crippen molar-refractivity contribution in [1.29, 1.82) is 0 Å². The summed E-state index contributed by atoms with van der Waals surface area (Å²) >= 11 is 3.45. The minimum absolute atomic E-state index is 0.314. The first-order valence-electron chi connectivity index (χ1n) is 6.43. The van der Waals surface area contributed by atoms with E-state index in [0.29, 0.717) is 11.6 Å². The van der Waals surface area contributed by atoms with E-state index in [1.54, 1.807) is 0 Å². The van der Waals surface area contributed by atoms with E-state index in [1.807, 2.05) is 18.2 Å². The number of anilines is 1. The number of fused-ring (bicyclic) bond motifs is 1. The number of rotatable bonds is 2. The van der Waals surface area contributed by atoms with Gasteiger partial charge in [-0.3, -0.25) is 0 Å². The summed E-state index contributed by atoms with van der Waals surface area (Å²) in [6.07, 6.45) is 2.13. The van der Waals surface area contributed by atoms with Gasteiger partial charge in [0.05, 0.1) is 5.69 Å². The molecule has 0 unspecified atom stereocenters. The maximum absolute atomic E-state index is 11.6. The highest BCUT2D eigenvalue weighted by Gasteiger charge is 2.14. The normalized spacial score (nSPS) is 16.7. The Morgan fingerprint density at radius 3 is 2.84 bits per heavy atom. The quantitative estimate of drug-likeness (QED) is 0.835. The van der Waals surface area contributed by atoms with Crippen molar-refractivity contribution in [3.8, 4) is 0 Å². The second-order valence-electron chi connectivity index (χ2n) is 4.79. The summed E-state index contributed by atoms with van der Waals surface area (Å²) in [6, 6.07) is 7.61. The molecule has 2 N–H and O–H groups in total. The van der Waals surface area contributed by atoms with E-state index in [2.05, 4.69) is 26.6 Å². The Labute approximate surface area is 119 Å². The van der Waals surface area contributed by atoms with Crippen LogP contribution in [0.3, 0.4) is 0 Å². The van der Waals surface area contributed by atoms with Gasteiger partial charge in [-0.05, 0) is 44.1 Å². The Hall–Kier alpha value is -1.33. The number of hydrogen-bond acceptors (Lipinski definition) is 4.